The highest BCUT2D eigenvalue weighted by molar-refractivity contribution is 5.78. The third-order valence-electron chi connectivity index (χ3n) is 5.86. The molecule has 3 rings (SSSR count). The lowest BCUT2D eigenvalue weighted by molar-refractivity contribution is -0.367. The molecule has 1 amide bonds. The number of anilines is 1. The molecule has 2 heterocycles. The Morgan fingerprint density at radius 1 is 1.14 bits per heavy atom. The van der Waals surface area contributed by atoms with Crippen LogP contribution < -0.4 is 15.2 Å². The number of nitrogens with one attached hydrogen (secondary N) is 2. The van der Waals surface area contributed by atoms with Crippen molar-refractivity contribution in [3.05, 3.63) is 23.9 Å². The number of pyridine rings is 1. The summed E-state index contributed by atoms with van der Waals surface area (Å²) >= 11 is 0. The van der Waals surface area contributed by atoms with Gasteiger partial charge in [0.05, 0.1) is 24.8 Å². The lowest BCUT2D eigenvalue weighted by Crippen LogP contribution is -2.42. The van der Waals surface area contributed by atoms with Crippen LogP contribution in [0.1, 0.15) is 56.9 Å². The zero-order chi connectivity index (χ0) is 20.7. The standard InChI is InChI=1S/C21H30F3N3O2/c22-21(23,24)17-7-8-19(26-15-17)27-12-9-16(10-13-27)20(28)25-11-4-14-29-18-5-2-1-3-6-18/h7-8,15-16,18H,1-6,9-14H2,(H,25,28)/p+1. The summed E-state index contributed by atoms with van der Waals surface area (Å²) < 4.78 is 43.9. The Kier molecular flexibility index (Phi) is 7.75. The van der Waals surface area contributed by atoms with E-state index in [-0.39, 0.29) is 11.8 Å². The molecule has 0 unspecified atom stereocenters. The number of aromatic amines is 1. The molecule has 2 N–H and O–H groups in total. The van der Waals surface area contributed by atoms with Crippen LogP contribution in [-0.4, -0.2) is 38.3 Å². The summed E-state index contributed by atoms with van der Waals surface area (Å²) in [5, 5.41) is 3.00. The van der Waals surface area contributed by atoms with E-state index in [1.807, 2.05) is 4.90 Å². The molecule has 1 aliphatic carbocycles. The minimum Gasteiger partial charge on any atom is -0.378 e. The van der Waals surface area contributed by atoms with Crippen LogP contribution in [0.5, 0.6) is 0 Å². The fraction of sp³-hybridized carbons (Fsp3) is 0.714. The topological polar surface area (TPSA) is 55.7 Å². The predicted molar refractivity (Wildman–Crippen MR) is 103 cm³/mol. The molecule has 29 heavy (non-hydrogen) atoms. The van der Waals surface area contributed by atoms with Gasteiger partial charge in [-0.05, 0) is 38.2 Å². The fourth-order valence-corrected chi connectivity index (χ4v) is 4.08. The number of alkyl halides is 3. The van der Waals surface area contributed by atoms with Gasteiger partial charge >= 0.3 is 6.18 Å². The lowest BCUT2D eigenvalue weighted by atomic mass is 9.96. The number of amides is 1. The Morgan fingerprint density at radius 2 is 1.86 bits per heavy atom. The Hall–Kier alpha value is -1.83. The molecule has 2 aliphatic rings. The second-order valence-electron chi connectivity index (χ2n) is 8.00. The second-order valence-corrected chi connectivity index (χ2v) is 8.00. The van der Waals surface area contributed by atoms with Crippen molar-refractivity contribution in [1.29, 1.82) is 0 Å². The first-order valence-electron chi connectivity index (χ1n) is 10.7. The van der Waals surface area contributed by atoms with Gasteiger partial charge in [-0.25, -0.2) is 4.98 Å². The normalized spacial score (nSPS) is 19.3. The summed E-state index contributed by atoms with van der Waals surface area (Å²) in [6.07, 6.45) is 5.37. The minimum absolute atomic E-state index is 0.0417. The van der Waals surface area contributed by atoms with Gasteiger partial charge in [0.2, 0.25) is 5.91 Å². The fourth-order valence-electron chi connectivity index (χ4n) is 4.08. The number of hydrogen-bond donors (Lipinski definition) is 1. The number of carbonyl (C=O) groups is 1. The monoisotopic (exact) mass is 414 g/mol. The Balaban J connectivity index is 1.33. The molecule has 0 radical (unpaired) electrons. The van der Waals surface area contributed by atoms with Crippen LogP contribution in [0.2, 0.25) is 0 Å². The zero-order valence-corrected chi connectivity index (χ0v) is 16.8. The highest BCUT2D eigenvalue weighted by Crippen LogP contribution is 2.29. The van der Waals surface area contributed by atoms with E-state index >= 15 is 0 Å². The van der Waals surface area contributed by atoms with E-state index in [1.165, 1.54) is 25.3 Å². The second kappa shape index (κ2) is 10.3. The number of ether oxygens (including phenoxy) is 1. The molecule has 2 fully saturated rings. The molecule has 1 aliphatic heterocycles. The number of carbonyl (C=O) groups excluding carboxylic acids is 1. The number of aromatic nitrogens is 1. The molecule has 1 saturated carbocycles. The molecule has 5 nitrogen and oxygen atoms in total. The van der Waals surface area contributed by atoms with Gasteiger partial charge < -0.3 is 10.1 Å². The highest BCUT2D eigenvalue weighted by atomic mass is 19.4. The average molecular weight is 414 g/mol. The van der Waals surface area contributed by atoms with E-state index in [9.17, 15) is 18.0 Å². The molecule has 8 heteroatoms. The SMILES string of the molecule is O=C(NCCCOC1CCCCC1)C1CCN(c2ccc(C(F)(F)F)c[nH+]2)CC1. The number of hydrogen-bond acceptors (Lipinski definition) is 3. The third-order valence-corrected chi connectivity index (χ3v) is 5.86. The van der Waals surface area contributed by atoms with E-state index < -0.39 is 11.7 Å². The number of piperidine rings is 1. The largest absolute Gasteiger partial charge is 0.419 e. The van der Waals surface area contributed by atoms with Gasteiger partial charge in [0.25, 0.3) is 5.82 Å². The van der Waals surface area contributed by atoms with Gasteiger partial charge in [-0.3, -0.25) is 9.69 Å². The first-order valence-corrected chi connectivity index (χ1v) is 10.7. The number of halogens is 3. The van der Waals surface area contributed by atoms with E-state index in [0.717, 1.165) is 31.5 Å². The Labute approximate surface area is 170 Å². The van der Waals surface area contributed by atoms with Crippen molar-refractivity contribution in [2.24, 2.45) is 5.92 Å². The number of nitrogens with zero attached hydrogens (tertiary/aromatic N) is 1. The van der Waals surface area contributed by atoms with E-state index in [1.54, 1.807) is 0 Å². The molecule has 162 valence electrons. The number of H-pyrrole nitrogens is 1. The summed E-state index contributed by atoms with van der Waals surface area (Å²) in [6, 6.07) is 2.54. The minimum atomic E-state index is -4.35. The average Bonchev–Trinajstić information content (AvgIpc) is 2.74. The molecular weight excluding hydrogens is 383 g/mol. The van der Waals surface area contributed by atoms with E-state index in [4.69, 9.17) is 4.74 Å². The molecular formula is C21H31F3N3O2+. The van der Waals surface area contributed by atoms with Crippen molar-refractivity contribution in [3.63, 3.8) is 0 Å². The number of rotatable bonds is 7. The van der Waals surface area contributed by atoms with Crippen molar-refractivity contribution in [2.75, 3.05) is 31.1 Å². The van der Waals surface area contributed by atoms with Crippen LogP contribution in [-0.2, 0) is 15.7 Å². The maximum absolute atomic E-state index is 12.7. The van der Waals surface area contributed by atoms with Crippen molar-refractivity contribution >= 4 is 11.7 Å². The van der Waals surface area contributed by atoms with E-state index in [0.29, 0.717) is 51.0 Å². The van der Waals surface area contributed by atoms with Crippen molar-refractivity contribution < 1.29 is 27.7 Å². The van der Waals surface area contributed by atoms with Crippen LogP contribution in [0.3, 0.4) is 0 Å². The van der Waals surface area contributed by atoms with Crippen molar-refractivity contribution in [2.45, 2.75) is 63.6 Å². The van der Waals surface area contributed by atoms with Gasteiger partial charge in [0, 0.05) is 25.1 Å². The summed E-state index contributed by atoms with van der Waals surface area (Å²) in [4.78, 5) is 17.1. The maximum Gasteiger partial charge on any atom is 0.419 e. The summed E-state index contributed by atoms with van der Waals surface area (Å²) in [5.74, 6) is 0.676. The smallest absolute Gasteiger partial charge is 0.378 e. The summed E-state index contributed by atoms with van der Waals surface area (Å²) in [5.41, 5.74) is -0.692. The molecule has 1 saturated heterocycles. The molecule has 1 aromatic heterocycles. The Morgan fingerprint density at radius 3 is 2.48 bits per heavy atom. The molecule has 0 spiro atoms. The van der Waals surface area contributed by atoms with Crippen LogP contribution in [0.4, 0.5) is 19.0 Å². The first kappa shape index (κ1) is 21.9. The predicted octanol–water partition coefficient (Wildman–Crippen LogP) is 3.59. The van der Waals surface area contributed by atoms with Crippen molar-refractivity contribution in [3.8, 4) is 0 Å². The lowest BCUT2D eigenvalue weighted by Gasteiger charge is -2.27. The van der Waals surface area contributed by atoms with Crippen LogP contribution >= 0.6 is 0 Å². The highest BCUT2D eigenvalue weighted by Gasteiger charge is 2.33. The molecule has 0 atom stereocenters. The molecule has 1 aromatic rings. The Bertz CT molecular complexity index is 638. The van der Waals surface area contributed by atoms with E-state index in [2.05, 4.69) is 10.3 Å². The quantitative estimate of drug-likeness (QED) is 0.694. The van der Waals surface area contributed by atoms with Crippen LogP contribution in [0, 0.1) is 5.92 Å². The van der Waals surface area contributed by atoms with Crippen LogP contribution in [0.15, 0.2) is 18.3 Å². The molecule has 0 bridgehead atoms. The summed E-state index contributed by atoms with van der Waals surface area (Å²) in [6.45, 7) is 2.60. The van der Waals surface area contributed by atoms with Gasteiger partial charge in [0.15, 0.2) is 0 Å². The zero-order valence-electron chi connectivity index (χ0n) is 16.8. The van der Waals surface area contributed by atoms with Crippen LogP contribution in [0.25, 0.3) is 0 Å². The van der Waals surface area contributed by atoms with Crippen molar-refractivity contribution in [1.82, 2.24) is 5.32 Å². The van der Waals surface area contributed by atoms with Gasteiger partial charge in [0.1, 0.15) is 6.20 Å². The van der Waals surface area contributed by atoms with Gasteiger partial charge in [-0.15, -0.1) is 0 Å². The third kappa shape index (κ3) is 6.59. The van der Waals surface area contributed by atoms with Gasteiger partial charge in [-0.2, -0.15) is 13.2 Å². The first-order chi connectivity index (χ1) is 13.9. The maximum atomic E-state index is 12.7. The van der Waals surface area contributed by atoms with Gasteiger partial charge in [-0.1, -0.05) is 19.3 Å². The summed E-state index contributed by atoms with van der Waals surface area (Å²) in [7, 11) is 0. The molecule has 0 aromatic carbocycles.